The molecule has 1 aromatic rings. The van der Waals surface area contributed by atoms with Crippen molar-refractivity contribution in [2.24, 2.45) is 5.73 Å². The van der Waals surface area contributed by atoms with Gasteiger partial charge < -0.3 is 16.2 Å². The quantitative estimate of drug-likeness (QED) is 0.593. The molecule has 0 fully saturated rings. The van der Waals surface area contributed by atoms with Crippen LogP contribution in [-0.2, 0) is 22.6 Å². The number of hydrogen-bond acceptors (Lipinski definition) is 3. The van der Waals surface area contributed by atoms with Gasteiger partial charge in [0.15, 0.2) is 0 Å². The highest BCUT2D eigenvalue weighted by Crippen LogP contribution is 2.09. The van der Waals surface area contributed by atoms with Crippen LogP contribution in [0.1, 0.15) is 17.5 Å². The molecular formula is C12H16N2O3. The Kier molecular flexibility index (Phi) is 5.16. The Bertz CT molecular complexity index is 404. The summed E-state index contributed by atoms with van der Waals surface area (Å²) in [5.74, 6) is -1.20. The molecule has 1 aromatic carbocycles. The maximum atomic E-state index is 10.7. The van der Waals surface area contributed by atoms with Gasteiger partial charge in [0.2, 0.25) is 5.91 Å². The van der Waals surface area contributed by atoms with Crippen LogP contribution in [-0.4, -0.2) is 23.5 Å². The molecule has 0 radical (unpaired) electrons. The Morgan fingerprint density at radius 1 is 1.24 bits per heavy atom. The zero-order valence-electron chi connectivity index (χ0n) is 9.48. The third kappa shape index (κ3) is 5.12. The second-order valence-electron chi connectivity index (χ2n) is 3.73. The van der Waals surface area contributed by atoms with Crippen LogP contribution in [0.4, 0.5) is 0 Å². The van der Waals surface area contributed by atoms with E-state index in [0.29, 0.717) is 13.1 Å². The number of rotatable bonds is 7. The normalized spacial score (nSPS) is 10.1. The molecule has 0 heterocycles. The fraction of sp³-hybridized carbons (Fsp3) is 0.333. The first-order chi connectivity index (χ1) is 8.09. The number of carboxylic acid groups (broad SMARTS) is 1. The van der Waals surface area contributed by atoms with Gasteiger partial charge in [-0.2, -0.15) is 0 Å². The Balaban J connectivity index is 2.51. The van der Waals surface area contributed by atoms with Crippen LogP contribution < -0.4 is 11.1 Å². The van der Waals surface area contributed by atoms with Crippen molar-refractivity contribution in [1.29, 1.82) is 0 Å². The van der Waals surface area contributed by atoms with Crippen molar-refractivity contribution in [2.75, 3.05) is 6.54 Å². The SMILES string of the molecule is NC(=O)CCNCc1ccccc1CC(=O)O. The highest BCUT2D eigenvalue weighted by molar-refractivity contribution is 5.73. The van der Waals surface area contributed by atoms with Crippen LogP contribution in [0.2, 0.25) is 0 Å². The van der Waals surface area contributed by atoms with E-state index in [1.165, 1.54) is 0 Å². The van der Waals surface area contributed by atoms with E-state index in [2.05, 4.69) is 5.32 Å². The smallest absolute Gasteiger partial charge is 0.307 e. The fourth-order valence-corrected chi connectivity index (χ4v) is 1.50. The number of nitrogens with one attached hydrogen (secondary N) is 1. The summed E-state index contributed by atoms with van der Waals surface area (Å²) < 4.78 is 0. The summed E-state index contributed by atoms with van der Waals surface area (Å²) in [5.41, 5.74) is 6.72. The largest absolute Gasteiger partial charge is 0.481 e. The van der Waals surface area contributed by atoms with E-state index in [9.17, 15) is 9.59 Å². The monoisotopic (exact) mass is 236 g/mol. The molecule has 92 valence electrons. The number of carboxylic acids is 1. The molecular weight excluding hydrogens is 220 g/mol. The average Bonchev–Trinajstić information content (AvgIpc) is 2.25. The lowest BCUT2D eigenvalue weighted by Crippen LogP contribution is -2.22. The van der Waals surface area contributed by atoms with E-state index in [-0.39, 0.29) is 18.7 Å². The van der Waals surface area contributed by atoms with E-state index in [0.717, 1.165) is 11.1 Å². The molecule has 5 heteroatoms. The topological polar surface area (TPSA) is 92.4 Å². The first-order valence-electron chi connectivity index (χ1n) is 5.37. The van der Waals surface area contributed by atoms with Gasteiger partial charge >= 0.3 is 5.97 Å². The van der Waals surface area contributed by atoms with Gasteiger partial charge in [0.25, 0.3) is 0 Å². The number of carbonyl (C=O) groups is 2. The fourth-order valence-electron chi connectivity index (χ4n) is 1.50. The van der Waals surface area contributed by atoms with Crippen LogP contribution in [0, 0.1) is 0 Å². The van der Waals surface area contributed by atoms with Gasteiger partial charge in [-0.25, -0.2) is 0 Å². The van der Waals surface area contributed by atoms with Crippen molar-refractivity contribution in [1.82, 2.24) is 5.32 Å². The van der Waals surface area contributed by atoms with Crippen LogP contribution in [0.5, 0.6) is 0 Å². The molecule has 1 amide bonds. The van der Waals surface area contributed by atoms with Gasteiger partial charge in [-0.1, -0.05) is 24.3 Å². The third-order valence-corrected chi connectivity index (χ3v) is 2.32. The highest BCUT2D eigenvalue weighted by atomic mass is 16.4. The van der Waals surface area contributed by atoms with Gasteiger partial charge in [0.05, 0.1) is 6.42 Å². The van der Waals surface area contributed by atoms with Gasteiger partial charge in [0, 0.05) is 19.5 Å². The molecule has 0 aliphatic rings. The van der Waals surface area contributed by atoms with Crippen LogP contribution in [0.25, 0.3) is 0 Å². The molecule has 0 aliphatic heterocycles. The molecule has 0 spiro atoms. The van der Waals surface area contributed by atoms with Crippen molar-refractivity contribution in [2.45, 2.75) is 19.4 Å². The number of benzene rings is 1. The molecule has 0 unspecified atom stereocenters. The maximum absolute atomic E-state index is 10.7. The molecule has 0 aromatic heterocycles. The van der Waals surface area contributed by atoms with Gasteiger partial charge in [-0.3, -0.25) is 9.59 Å². The minimum absolute atomic E-state index is 0.00761. The third-order valence-electron chi connectivity index (χ3n) is 2.32. The molecule has 4 N–H and O–H groups in total. The van der Waals surface area contributed by atoms with Crippen LogP contribution in [0.15, 0.2) is 24.3 Å². The number of carbonyl (C=O) groups excluding carboxylic acids is 1. The predicted molar refractivity (Wildman–Crippen MR) is 63.3 cm³/mol. The molecule has 0 atom stereocenters. The predicted octanol–water partition coefficient (Wildman–Crippen LogP) is 0.279. The highest BCUT2D eigenvalue weighted by Gasteiger charge is 2.05. The summed E-state index contributed by atoms with van der Waals surface area (Å²) in [6.45, 7) is 1.04. The van der Waals surface area contributed by atoms with E-state index < -0.39 is 5.97 Å². The number of aliphatic carboxylic acids is 1. The van der Waals surface area contributed by atoms with Crippen molar-refractivity contribution in [3.05, 3.63) is 35.4 Å². The number of hydrogen-bond donors (Lipinski definition) is 3. The van der Waals surface area contributed by atoms with Crippen molar-refractivity contribution in [3.63, 3.8) is 0 Å². The van der Waals surface area contributed by atoms with Gasteiger partial charge in [-0.15, -0.1) is 0 Å². The summed E-state index contributed by atoms with van der Waals surface area (Å²) in [5, 5.41) is 11.8. The minimum Gasteiger partial charge on any atom is -0.481 e. The molecule has 0 saturated carbocycles. The molecule has 0 saturated heterocycles. The summed E-state index contributed by atoms with van der Waals surface area (Å²) in [4.78, 5) is 21.2. The summed E-state index contributed by atoms with van der Waals surface area (Å²) in [6, 6.07) is 7.33. The molecule has 17 heavy (non-hydrogen) atoms. The molecule has 1 rings (SSSR count). The lowest BCUT2D eigenvalue weighted by Gasteiger charge is -2.08. The molecule has 0 bridgehead atoms. The Morgan fingerprint density at radius 2 is 1.88 bits per heavy atom. The Hall–Kier alpha value is -1.88. The number of amides is 1. The lowest BCUT2D eigenvalue weighted by molar-refractivity contribution is -0.136. The summed E-state index contributed by atoms with van der Waals surface area (Å²) in [7, 11) is 0. The van der Waals surface area contributed by atoms with Crippen molar-refractivity contribution < 1.29 is 14.7 Å². The lowest BCUT2D eigenvalue weighted by atomic mass is 10.0. The number of nitrogens with two attached hydrogens (primary N) is 1. The van der Waals surface area contributed by atoms with Crippen LogP contribution in [0.3, 0.4) is 0 Å². The van der Waals surface area contributed by atoms with Crippen molar-refractivity contribution in [3.8, 4) is 0 Å². The van der Waals surface area contributed by atoms with E-state index in [4.69, 9.17) is 10.8 Å². The minimum atomic E-state index is -0.852. The van der Waals surface area contributed by atoms with Crippen molar-refractivity contribution >= 4 is 11.9 Å². The van der Waals surface area contributed by atoms with E-state index in [1.54, 1.807) is 6.07 Å². The first-order valence-corrected chi connectivity index (χ1v) is 5.37. The summed E-state index contributed by atoms with van der Waals surface area (Å²) >= 11 is 0. The van der Waals surface area contributed by atoms with E-state index in [1.807, 2.05) is 18.2 Å². The molecule has 5 nitrogen and oxygen atoms in total. The second kappa shape index (κ2) is 6.65. The van der Waals surface area contributed by atoms with Crippen LogP contribution >= 0.6 is 0 Å². The zero-order valence-corrected chi connectivity index (χ0v) is 9.48. The van der Waals surface area contributed by atoms with E-state index >= 15 is 0 Å². The standard InChI is InChI=1S/C12H16N2O3/c13-11(15)5-6-14-8-10-4-2-1-3-9(10)7-12(16)17/h1-4,14H,5-8H2,(H2,13,15)(H,16,17). The second-order valence-corrected chi connectivity index (χ2v) is 3.73. The van der Waals surface area contributed by atoms with Gasteiger partial charge in [-0.05, 0) is 11.1 Å². The maximum Gasteiger partial charge on any atom is 0.307 e. The first kappa shape index (κ1) is 13.2. The van der Waals surface area contributed by atoms with Gasteiger partial charge in [0.1, 0.15) is 0 Å². The average molecular weight is 236 g/mol. The Morgan fingerprint density at radius 3 is 2.47 bits per heavy atom. The summed E-state index contributed by atoms with van der Waals surface area (Å²) in [6.07, 6.45) is 0.286. The number of primary amides is 1. The molecule has 0 aliphatic carbocycles. The Labute approximate surface area is 99.6 Å². The zero-order chi connectivity index (χ0) is 12.7.